The zero-order valence-electron chi connectivity index (χ0n) is 22.2. The van der Waals surface area contributed by atoms with Gasteiger partial charge in [-0.3, -0.25) is 0 Å². The minimum absolute atomic E-state index is 0.209. The molecule has 8 heteroatoms. The molecular weight excluding hydrogens is 484 g/mol. The van der Waals surface area contributed by atoms with Crippen molar-refractivity contribution in [2.75, 3.05) is 40.6 Å². The third-order valence-corrected chi connectivity index (χ3v) is 5.39. The number of allylic oxidation sites excluding steroid dienone is 2. The van der Waals surface area contributed by atoms with Gasteiger partial charge in [0.05, 0.1) is 33.0 Å². The molecule has 0 amide bonds. The second-order valence-electron chi connectivity index (χ2n) is 8.16. The van der Waals surface area contributed by atoms with Crippen LogP contribution < -0.4 is 14.2 Å². The summed E-state index contributed by atoms with van der Waals surface area (Å²) in [7, 11) is 3.13. The minimum Gasteiger partial charge on any atom is -0.497 e. The summed E-state index contributed by atoms with van der Waals surface area (Å²) in [5.74, 6) is 1.20. The van der Waals surface area contributed by atoms with Gasteiger partial charge >= 0.3 is 5.97 Å². The molecule has 0 radical (unpaired) electrons. The molecule has 0 saturated heterocycles. The predicted molar refractivity (Wildman–Crippen MR) is 145 cm³/mol. The summed E-state index contributed by atoms with van der Waals surface area (Å²) < 4.78 is 26.6. The minimum atomic E-state index is -0.456. The molecule has 0 aromatic heterocycles. The van der Waals surface area contributed by atoms with Crippen LogP contribution in [0, 0.1) is 22.7 Å². The summed E-state index contributed by atoms with van der Waals surface area (Å²) in [5, 5.41) is 18.9. The molecular formula is C30H34N2O6. The highest BCUT2D eigenvalue weighted by atomic mass is 16.6. The number of carbonyl (C=O) groups excluding carboxylic acids is 1. The molecule has 0 aliphatic carbocycles. The van der Waals surface area contributed by atoms with Crippen molar-refractivity contribution < 1.29 is 28.5 Å². The van der Waals surface area contributed by atoms with Crippen LogP contribution in [0.15, 0.2) is 53.6 Å². The van der Waals surface area contributed by atoms with E-state index >= 15 is 0 Å². The molecule has 2 aromatic rings. The molecule has 2 aromatic carbocycles. The van der Waals surface area contributed by atoms with E-state index in [2.05, 4.69) is 12.1 Å². The quantitative estimate of drug-likeness (QED) is 0.157. The number of carbonyl (C=O) groups is 1. The van der Waals surface area contributed by atoms with Gasteiger partial charge in [-0.2, -0.15) is 10.5 Å². The lowest BCUT2D eigenvalue weighted by Crippen LogP contribution is -2.14. The molecule has 8 nitrogen and oxygen atoms in total. The average Bonchev–Trinajstić information content (AvgIpc) is 2.94. The van der Waals surface area contributed by atoms with E-state index in [0.717, 1.165) is 23.3 Å². The van der Waals surface area contributed by atoms with Crippen molar-refractivity contribution in [1.29, 1.82) is 10.5 Å². The van der Waals surface area contributed by atoms with E-state index in [-0.39, 0.29) is 13.2 Å². The number of benzene rings is 2. The Labute approximate surface area is 224 Å². The number of esters is 1. The Balaban J connectivity index is 1.77. The van der Waals surface area contributed by atoms with Crippen molar-refractivity contribution in [1.82, 2.24) is 0 Å². The molecule has 0 heterocycles. The van der Waals surface area contributed by atoms with Crippen LogP contribution in [0.1, 0.15) is 43.7 Å². The smallest absolute Gasteiger partial charge is 0.344 e. The van der Waals surface area contributed by atoms with Gasteiger partial charge < -0.3 is 23.7 Å². The van der Waals surface area contributed by atoms with Crippen LogP contribution in [0.4, 0.5) is 0 Å². The average molecular weight is 519 g/mol. The summed E-state index contributed by atoms with van der Waals surface area (Å²) in [6, 6.07) is 17.3. The summed E-state index contributed by atoms with van der Waals surface area (Å²) in [5.41, 5.74) is 3.05. The molecule has 0 unspecified atom stereocenters. The van der Waals surface area contributed by atoms with Gasteiger partial charge in [-0.25, -0.2) is 4.79 Å². The summed E-state index contributed by atoms with van der Waals surface area (Å²) >= 11 is 0. The third kappa shape index (κ3) is 10.8. The standard InChI is InChI=1S/C30H34N2O6/c1-4-37-30(33)22-38-28-14-11-24(19-29(28)35-3)18-26(21-32)8-6-16-36-15-5-7-25(20-31)17-23-9-12-27(34-2)13-10-23/h9-14,17-19H,4-8,15-16,22H2,1-3H3. The first-order valence-electron chi connectivity index (χ1n) is 12.4. The number of hydrogen-bond donors (Lipinski definition) is 0. The van der Waals surface area contributed by atoms with Gasteiger partial charge in [0.2, 0.25) is 0 Å². The molecule has 38 heavy (non-hydrogen) atoms. The van der Waals surface area contributed by atoms with Gasteiger partial charge in [0.25, 0.3) is 0 Å². The second kappa shape index (κ2) is 17.2. The molecule has 0 spiro atoms. The van der Waals surface area contributed by atoms with Gasteiger partial charge in [-0.15, -0.1) is 0 Å². The SMILES string of the molecule is CCOC(=O)COc1ccc(C=C(C#N)CCCOCCCC(C#N)=Cc2ccc(OC)cc2)cc1OC. The fraction of sp³-hybridized carbons (Fsp3) is 0.367. The molecule has 2 rings (SSSR count). The van der Waals surface area contributed by atoms with Crippen LogP contribution in [-0.4, -0.2) is 46.6 Å². The van der Waals surface area contributed by atoms with E-state index in [4.69, 9.17) is 23.7 Å². The molecule has 0 N–H and O–H groups in total. The van der Waals surface area contributed by atoms with Gasteiger partial charge in [-0.05, 0) is 80.2 Å². The van der Waals surface area contributed by atoms with E-state index in [1.165, 1.54) is 7.11 Å². The topological polar surface area (TPSA) is 111 Å². The number of methoxy groups -OCH3 is 2. The highest BCUT2D eigenvalue weighted by Crippen LogP contribution is 2.29. The van der Waals surface area contributed by atoms with Crippen LogP contribution in [0.5, 0.6) is 17.2 Å². The molecule has 0 bridgehead atoms. The first-order chi connectivity index (χ1) is 18.5. The highest BCUT2D eigenvalue weighted by Gasteiger charge is 2.09. The van der Waals surface area contributed by atoms with Crippen molar-refractivity contribution in [3.63, 3.8) is 0 Å². The van der Waals surface area contributed by atoms with E-state index in [0.29, 0.717) is 55.1 Å². The Morgan fingerprint density at radius 3 is 2.00 bits per heavy atom. The number of rotatable bonds is 16. The Kier molecular flexibility index (Phi) is 13.6. The van der Waals surface area contributed by atoms with Crippen molar-refractivity contribution in [2.45, 2.75) is 32.6 Å². The second-order valence-corrected chi connectivity index (χ2v) is 8.16. The summed E-state index contributed by atoms with van der Waals surface area (Å²) in [4.78, 5) is 11.5. The van der Waals surface area contributed by atoms with E-state index < -0.39 is 5.97 Å². The largest absolute Gasteiger partial charge is 0.497 e. The van der Waals surface area contributed by atoms with Crippen molar-refractivity contribution >= 4 is 18.1 Å². The highest BCUT2D eigenvalue weighted by molar-refractivity contribution is 5.71. The van der Waals surface area contributed by atoms with Crippen LogP contribution >= 0.6 is 0 Å². The lowest BCUT2D eigenvalue weighted by molar-refractivity contribution is -0.145. The maximum atomic E-state index is 11.5. The van der Waals surface area contributed by atoms with Crippen LogP contribution in [0.25, 0.3) is 12.2 Å². The van der Waals surface area contributed by atoms with Crippen molar-refractivity contribution in [2.24, 2.45) is 0 Å². The zero-order chi connectivity index (χ0) is 27.6. The first kappa shape index (κ1) is 30.0. The fourth-order valence-electron chi connectivity index (χ4n) is 3.49. The first-order valence-corrected chi connectivity index (χ1v) is 12.4. The normalized spacial score (nSPS) is 11.3. The monoisotopic (exact) mass is 518 g/mol. The van der Waals surface area contributed by atoms with Crippen LogP contribution in [0.3, 0.4) is 0 Å². The lowest BCUT2D eigenvalue weighted by Gasteiger charge is -2.11. The number of nitriles is 2. The molecule has 0 saturated carbocycles. The van der Waals surface area contributed by atoms with Gasteiger partial charge in [0.15, 0.2) is 18.1 Å². The van der Waals surface area contributed by atoms with E-state index in [9.17, 15) is 15.3 Å². The maximum absolute atomic E-state index is 11.5. The summed E-state index contributed by atoms with van der Waals surface area (Å²) in [6.07, 6.45) is 6.30. The maximum Gasteiger partial charge on any atom is 0.344 e. The van der Waals surface area contributed by atoms with Gasteiger partial charge in [0.1, 0.15) is 5.75 Å². The summed E-state index contributed by atoms with van der Waals surface area (Å²) in [6.45, 7) is 2.87. The molecule has 200 valence electrons. The number of ether oxygens (including phenoxy) is 5. The van der Waals surface area contributed by atoms with E-state index in [1.54, 1.807) is 38.3 Å². The number of nitrogens with zero attached hydrogens (tertiary/aromatic N) is 2. The van der Waals surface area contributed by atoms with Crippen molar-refractivity contribution in [3.05, 3.63) is 64.7 Å². The molecule has 0 aliphatic heterocycles. The van der Waals surface area contributed by atoms with Crippen molar-refractivity contribution in [3.8, 4) is 29.4 Å². The lowest BCUT2D eigenvalue weighted by atomic mass is 10.1. The molecule has 0 aliphatic rings. The fourth-order valence-corrected chi connectivity index (χ4v) is 3.49. The Morgan fingerprint density at radius 2 is 1.45 bits per heavy atom. The Hall–Kier alpha value is -4.27. The zero-order valence-corrected chi connectivity index (χ0v) is 22.2. The Bertz CT molecular complexity index is 1170. The number of hydrogen-bond acceptors (Lipinski definition) is 8. The van der Waals surface area contributed by atoms with Gasteiger partial charge in [-0.1, -0.05) is 18.2 Å². The predicted octanol–water partition coefficient (Wildman–Crippen LogP) is 5.74. The third-order valence-electron chi connectivity index (χ3n) is 5.39. The van der Waals surface area contributed by atoms with Crippen LogP contribution in [0.2, 0.25) is 0 Å². The van der Waals surface area contributed by atoms with Gasteiger partial charge in [0, 0.05) is 24.4 Å². The Morgan fingerprint density at radius 1 is 0.842 bits per heavy atom. The van der Waals surface area contributed by atoms with Crippen LogP contribution in [-0.2, 0) is 14.3 Å². The molecule has 0 fully saturated rings. The molecule has 0 atom stereocenters. The van der Waals surface area contributed by atoms with E-state index in [1.807, 2.05) is 30.3 Å².